The molecule has 59 heavy (non-hydrogen) atoms. The van der Waals surface area contributed by atoms with Crippen molar-refractivity contribution in [1.29, 1.82) is 0 Å². The van der Waals surface area contributed by atoms with Crippen LogP contribution in [0.3, 0.4) is 0 Å². The van der Waals surface area contributed by atoms with Crippen LogP contribution in [0.2, 0.25) is 0 Å². The number of rotatable bonds is 8. The number of nitrogens with one attached hydrogen (secondary N) is 2. The van der Waals surface area contributed by atoms with Crippen LogP contribution in [-0.2, 0) is 46.4 Å². The van der Waals surface area contributed by atoms with E-state index in [1.165, 1.54) is 16.3 Å². The minimum Gasteiger partial charge on any atom is -0.464 e. The summed E-state index contributed by atoms with van der Waals surface area (Å²) in [5, 5.41) is 7.99. The van der Waals surface area contributed by atoms with E-state index in [0.717, 1.165) is 45.4 Å². The Kier molecular flexibility index (Phi) is 11.4. The Balaban J connectivity index is 1.25. The summed E-state index contributed by atoms with van der Waals surface area (Å²) in [5.74, 6) is -2.27. The van der Waals surface area contributed by atoms with Gasteiger partial charge < -0.3 is 29.0 Å². The number of hydrogen-bond donors (Lipinski definition) is 2. The molecule has 3 amide bonds. The van der Waals surface area contributed by atoms with Crippen molar-refractivity contribution in [3.63, 3.8) is 0 Å². The number of fused-ring (bicyclic) bond motifs is 7. The Morgan fingerprint density at radius 3 is 2.71 bits per heavy atom. The first-order valence-electron chi connectivity index (χ1n) is 20.9. The quantitative estimate of drug-likeness (QED) is 0.219. The molecular formula is C44H55N7O7S. The number of thiazole rings is 1. The number of hydrazine groups is 1. The number of benzene rings is 1. The summed E-state index contributed by atoms with van der Waals surface area (Å²) in [7, 11) is 3.44. The van der Waals surface area contributed by atoms with E-state index < -0.39 is 47.3 Å². The van der Waals surface area contributed by atoms with Crippen LogP contribution in [0, 0.1) is 23.2 Å². The number of piperidine rings is 1. The van der Waals surface area contributed by atoms with Gasteiger partial charge in [0.15, 0.2) is 0 Å². The second-order valence-corrected chi connectivity index (χ2v) is 18.0. The van der Waals surface area contributed by atoms with Crippen LogP contribution < -0.4 is 10.7 Å². The highest BCUT2D eigenvalue weighted by molar-refractivity contribution is 7.10. The number of esters is 1. The smallest absolute Gasteiger partial charge is 0.324 e. The van der Waals surface area contributed by atoms with E-state index >= 15 is 0 Å². The lowest BCUT2D eigenvalue weighted by Gasteiger charge is -2.37. The molecule has 1 saturated carbocycles. The van der Waals surface area contributed by atoms with Gasteiger partial charge in [-0.05, 0) is 82.2 Å². The van der Waals surface area contributed by atoms with E-state index in [2.05, 4.69) is 60.3 Å². The zero-order chi connectivity index (χ0) is 41.7. The number of cyclic esters (lactones) is 1. The molecule has 2 saturated heterocycles. The molecule has 0 spiro atoms. The Bertz CT molecular complexity index is 2270. The molecule has 2 N–H and O–H groups in total. The summed E-state index contributed by atoms with van der Waals surface area (Å²) in [6.07, 6.45) is 2.94. The fourth-order valence-electron chi connectivity index (χ4n) is 9.32. The second-order valence-electron chi connectivity index (χ2n) is 17.1. The molecule has 6 heterocycles. The van der Waals surface area contributed by atoms with Crippen LogP contribution in [0.5, 0.6) is 0 Å². The fourth-order valence-corrected chi connectivity index (χ4v) is 10.2. The maximum absolute atomic E-state index is 14.7. The largest absolute Gasteiger partial charge is 0.464 e. The molecule has 8 rings (SSSR count). The summed E-state index contributed by atoms with van der Waals surface area (Å²) in [6, 6.07) is 8.45. The maximum Gasteiger partial charge on any atom is 0.324 e. The van der Waals surface area contributed by atoms with Crippen LogP contribution in [0.1, 0.15) is 82.4 Å². The number of ether oxygens (including phenoxy) is 3. The average Bonchev–Trinajstić information content (AvgIpc) is 3.64. The number of hydrogen-bond acceptors (Lipinski definition) is 11. The lowest BCUT2D eigenvalue weighted by atomic mass is 9.84. The number of carbonyl (C=O) groups excluding carboxylic acids is 4. The van der Waals surface area contributed by atoms with Crippen LogP contribution in [-0.4, -0.2) is 101 Å². The van der Waals surface area contributed by atoms with Crippen molar-refractivity contribution in [2.45, 2.75) is 91.1 Å². The number of amides is 3. The van der Waals surface area contributed by atoms with E-state index in [1.54, 1.807) is 25.3 Å². The van der Waals surface area contributed by atoms with Gasteiger partial charge in [-0.3, -0.25) is 29.2 Å². The van der Waals surface area contributed by atoms with Crippen molar-refractivity contribution >= 4 is 45.9 Å². The molecular weight excluding hydrogens is 771 g/mol. The summed E-state index contributed by atoms with van der Waals surface area (Å²) in [4.78, 5) is 67.2. The predicted octanol–water partition coefficient (Wildman–Crippen LogP) is 5.46. The monoisotopic (exact) mass is 825 g/mol. The van der Waals surface area contributed by atoms with Crippen LogP contribution in [0.25, 0.3) is 33.4 Å². The highest BCUT2D eigenvalue weighted by Gasteiger charge is 2.61. The summed E-state index contributed by atoms with van der Waals surface area (Å²) in [6.45, 7) is 12.2. The number of methoxy groups -OCH3 is 1. The molecule has 3 aliphatic heterocycles. The molecule has 15 heteroatoms. The lowest BCUT2D eigenvalue weighted by molar-refractivity contribution is -0.156. The van der Waals surface area contributed by atoms with Crippen molar-refractivity contribution in [2.75, 3.05) is 40.5 Å². The average molecular weight is 826 g/mol. The third-order valence-corrected chi connectivity index (χ3v) is 13.4. The SMILES string of the molecule is CCO[C@@H]1c2nc(cs2)-c2ccc3c(c2)c(c(-c2cccnc2[C@H](C)OC)n3CC)CC(C)(C)COC(=O)[C@@H]2CCCN(N2)C(=O)[C@H]1NC(=O)[C@H]1[C@H]2CCN(C)C(=O)[C@H]21. The van der Waals surface area contributed by atoms with Gasteiger partial charge in [-0.2, -0.15) is 0 Å². The van der Waals surface area contributed by atoms with Crippen molar-refractivity contribution in [3.8, 4) is 22.5 Å². The predicted molar refractivity (Wildman–Crippen MR) is 223 cm³/mol. The molecule has 0 radical (unpaired) electrons. The summed E-state index contributed by atoms with van der Waals surface area (Å²) in [5.41, 5.74) is 9.26. The molecule has 7 atom stereocenters. The first kappa shape index (κ1) is 41.1. The molecule has 3 aromatic heterocycles. The van der Waals surface area contributed by atoms with Gasteiger partial charge in [0.25, 0.3) is 5.91 Å². The zero-order valence-electron chi connectivity index (χ0n) is 34.9. The molecule has 6 bridgehead atoms. The van der Waals surface area contributed by atoms with Gasteiger partial charge in [-0.15, -0.1) is 11.3 Å². The normalized spacial score (nSPS) is 26.3. The Morgan fingerprint density at radius 1 is 1.14 bits per heavy atom. The van der Waals surface area contributed by atoms with E-state index in [9.17, 15) is 19.2 Å². The lowest BCUT2D eigenvalue weighted by Crippen LogP contribution is -2.61. The van der Waals surface area contributed by atoms with Gasteiger partial charge in [0.05, 0.1) is 41.6 Å². The topological polar surface area (TPSA) is 157 Å². The molecule has 314 valence electrons. The van der Waals surface area contributed by atoms with Gasteiger partial charge in [0, 0.05) is 79.4 Å². The molecule has 14 nitrogen and oxygen atoms in total. The van der Waals surface area contributed by atoms with Gasteiger partial charge in [0.1, 0.15) is 23.2 Å². The molecule has 1 aromatic carbocycles. The molecule has 3 fully saturated rings. The summed E-state index contributed by atoms with van der Waals surface area (Å²) >= 11 is 1.37. The molecule has 4 aromatic rings. The minimum atomic E-state index is -1.18. The Hall–Kier alpha value is -4.70. The van der Waals surface area contributed by atoms with Crippen molar-refractivity contribution < 1.29 is 33.4 Å². The Labute approximate surface area is 348 Å². The first-order valence-corrected chi connectivity index (χ1v) is 21.7. The van der Waals surface area contributed by atoms with Crippen LogP contribution in [0.4, 0.5) is 0 Å². The van der Waals surface area contributed by atoms with Crippen molar-refractivity contribution in [1.82, 2.24) is 35.2 Å². The number of carbonyl (C=O) groups is 4. The maximum atomic E-state index is 14.7. The molecule has 1 aliphatic carbocycles. The minimum absolute atomic E-state index is 0.0440. The van der Waals surface area contributed by atoms with Crippen molar-refractivity contribution in [2.24, 2.45) is 23.2 Å². The molecule has 0 unspecified atom stereocenters. The summed E-state index contributed by atoms with van der Waals surface area (Å²) < 4.78 is 20.6. The molecule has 4 aliphatic rings. The van der Waals surface area contributed by atoms with E-state index in [4.69, 9.17) is 24.2 Å². The van der Waals surface area contributed by atoms with Gasteiger partial charge in [-0.25, -0.2) is 10.4 Å². The third-order valence-electron chi connectivity index (χ3n) is 12.5. The standard InChI is InChI=1S/C44H55N7O7S/c1-8-50-32-15-14-25-20-28(32)29(37(50)27-12-10-17-45-35(27)24(3)56-7)21-44(4,5)23-58-43(55)30-13-11-18-51(48-30)42(54)36(38(57-9-2)40-46-31(25)22-59-40)47-39(52)33-26-16-19-49(6)41(53)34(26)33/h10,12,14-15,17,20,22,24,26,30,33-34,36,38,48H,8-9,11,13,16,18-19,21,23H2,1-7H3,(H,47,52)/t24-,26+,30-,33-,34+,36-,38-/m0/s1. The van der Waals surface area contributed by atoms with Crippen LogP contribution >= 0.6 is 11.3 Å². The first-order chi connectivity index (χ1) is 28.3. The van der Waals surface area contributed by atoms with E-state index in [0.29, 0.717) is 49.6 Å². The van der Waals surface area contributed by atoms with E-state index in [-0.39, 0.29) is 37.0 Å². The third kappa shape index (κ3) is 7.66. The van der Waals surface area contributed by atoms with E-state index in [1.807, 2.05) is 25.3 Å². The number of nitrogens with zero attached hydrogens (tertiary/aromatic N) is 5. The zero-order valence-corrected chi connectivity index (χ0v) is 35.8. The Morgan fingerprint density at radius 2 is 1.95 bits per heavy atom. The van der Waals surface area contributed by atoms with Gasteiger partial charge >= 0.3 is 5.97 Å². The number of aromatic nitrogens is 3. The highest BCUT2D eigenvalue weighted by atomic mass is 32.1. The number of pyridine rings is 1. The fraction of sp³-hybridized carbons (Fsp3) is 0.545. The van der Waals surface area contributed by atoms with Crippen molar-refractivity contribution in [3.05, 3.63) is 58.2 Å². The number of aryl methyl sites for hydroxylation is 1. The number of likely N-dealkylation sites (tertiary alicyclic amines) is 1. The van der Waals surface area contributed by atoms with Gasteiger partial charge in [-0.1, -0.05) is 19.9 Å². The van der Waals surface area contributed by atoms with Gasteiger partial charge in [0.2, 0.25) is 11.8 Å². The highest BCUT2D eigenvalue weighted by Crippen LogP contribution is 2.52. The second kappa shape index (κ2) is 16.4. The van der Waals surface area contributed by atoms with Crippen LogP contribution in [0.15, 0.2) is 41.9 Å².